The van der Waals surface area contributed by atoms with Crippen molar-refractivity contribution >= 4 is 40.9 Å². The van der Waals surface area contributed by atoms with Crippen LogP contribution in [0, 0.1) is 0 Å². The van der Waals surface area contributed by atoms with Gasteiger partial charge in [0, 0.05) is 34.6 Å². The molecule has 8 nitrogen and oxygen atoms in total. The van der Waals surface area contributed by atoms with Crippen LogP contribution >= 0.6 is 23.2 Å². The minimum Gasteiger partial charge on any atom is -0.386 e. The molecule has 0 radical (unpaired) electrons. The van der Waals surface area contributed by atoms with Gasteiger partial charge in [0.25, 0.3) is 0 Å². The number of carbonyl (C=O) groups is 3. The van der Waals surface area contributed by atoms with Crippen LogP contribution in [-0.2, 0) is 26.3 Å². The Hall–Kier alpha value is -2.92. The van der Waals surface area contributed by atoms with E-state index < -0.39 is 35.4 Å². The van der Waals surface area contributed by atoms with Crippen molar-refractivity contribution in [2.24, 2.45) is 0 Å². The summed E-state index contributed by atoms with van der Waals surface area (Å²) in [6.07, 6.45) is -4.45. The molecule has 2 heterocycles. The van der Waals surface area contributed by atoms with Gasteiger partial charge in [-0.1, -0.05) is 23.2 Å². The van der Waals surface area contributed by atoms with E-state index in [1.54, 1.807) is 12.1 Å². The molecule has 2 N–H and O–H groups in total. The van der Waals surface area contributed by atoms with Crippen molar-refractivity contribution in [1.29, 1.82) is 0 Å². The van der Waals surface area contributed by atoms with Crippen LogP contribution in [0.4, 0.5) is 13.2 Å². The predicted molar refractivity (Wildman–Crippen MR) is 115 cm³/mol. The fourth-order valence-electron chi connectivity index (χ4n) is 3.39. The van der Waals surface area contributed by atoms with Gasteiger partial charge in [0.15, 0.2) is 0 Å². The molecule has 1 aliphatic rings. The van der Waals surface area contributed by atoms with Crippen LogP contribution in [-0.4, -0.2) is 34.3 Å². The predicted octanol–water partition coefficient (Wildman–Crippen LogP) is 3.80. The Morgan fingerprint density at radius 2 is 1.82 bits per heavy atom. The molecule has 0 aliphatic carbocycles. The summed E-state index contributed by atoms with van der Waals surface area (Å²) in [5, 5.41) is 12.4. The number of hydrogen-bond acceptors (Lipinski definition) is 6. The Labute approximate surface area is 202 Å². The average molecular weight is 519 g/mol. The molecule has 1 aromatic carbocycles. The van der Waals surface area contributed by atoms with Gasteiger partial charge in [-0.15, -0.1) is 18.3 Å². The van der Waals surface area contributed by atoms with Crippen molar-refractivity contribution in [1.82, 2.24) is 20.8 Å². The highest BCUT2D eigenvalue weighted by molar-refractivity contribution is 6.36. The van der Waals surface area contributed by atoms with Crippen molar-refractivity contribution in [3.8, 4) is 5.88 Å². The summed E-state index contributed by atoms with van der Waals surface area (Å²) in [6.45, 7) is 3.09. The summed E-state index contributed by atoms with van der Waals surface area (Å²) in [4.78, 5) is 36.3. The van der Waals surface area contributed by atoms with Crippen molar-refractivity contribution in [3.63, 3.8) is 0 Å². The van der Waals surface area contributed by atoms with Gasteiger partial charge in [0.1, 0.15) is 0 Å². The van der Waals surface area contributed by atoms with E-state index in [0.29, 0.717) is 11.1 Å². The molecule has 3 rings (SSSR count). The number of ether oxygens (including phenoxy) is 1. The van der Waals surface area contributed by atoms with E-state index in [1.807, 2.05) is 0 Å². The molecule has 0 bridgehead atoms. The average Bonchev–Trinajstić information content (AvgIpc) is 2.72. The van der Waals surface area contributed by atoms with Gasteiger partial charge in [-0.2, -0.15) is 5.10 Å². The first kappa shape index (κ1) is 25.7. The highest BCUT2D eigenvalue weighted by Crippen LogP contribution is 2.37. The summed E-state index contributed by atoms with van der Waals surface area (Å²) >= 11 is 12.7. The maximum atomic E-state index is 12.8. The van der Waals surface area contributed by atoms with E-state index in [2.05, 4.69) is 25.6 Å². The van der Waals surface area contributed by atoms with Crippen molar-refractivity contribution < 1.29 is 32.3 Å². The van der Waals surface area contributed by atoms with E-state index in [-0.39, 0.29) is 41.0 Å². The number of halogens is 5. The van der Waals surface area contributed by atoms with Gasteiger partial charge in [-0.3, -0.25) is 19.7 Å². The third-order valence-electron chi connectivity index (χ3n) is 5.25. The first-order chi connectivity index (χ1) is 15.8. The van der Waals surface area contributed by atoms with Crippen molar-refractivity contribution in [2.45, 2.75) is 50.9 Å². The quantitative estimate of drug-likeness (QED) is 0.562. The molecule has 34 heavy (non-hydrogen) atoms. The maximum absolute atomic E-state index is 12.8. The van der Waals surface area contributed by atoms with E-state index in [0.717, 1.165) is 6.07 Å². The lowest BCUT2D eigenvalue weighted by atomic mass is 9.87. The Morgan fingerprint density at radius 1 is 1.18 bits per heavy atom. The SMILES string of the molecule is CC(C)(C(=O)NCc1cc(Cl)c(C2CCC(=O)NC2=O)c(Cl)c1)c1ccc(OC(F)(F)F)nn1. The van der Waals surface area contributed by atoms with Gasteiger partial charge in [-0.25, -0.2) is 0 Å². The van der Waals surface area contributed by atoms with Crippen LogP contribution in [0.1, 0.15) is 49.4 Å². The Kier molecular flexibility index (Phi) is 7.37. The molecule has 1 saturated heterocycles. The number of imide groups is 1. The highest BCUT2D eigenvalue weighted by Gasteiger charge is 2.35. The molecular weight excluding hydrogens is 500 g/mol. The zero-order valence-electron chi connectivity index (χ0n) is 17.9. The molecule has 1 atom stereocenters. The Bertz CT molecular complexity index is 1100. The third-order valence-corrected chi connectivity index (χ3v) is 5.87. The molecule has 3 amide bonds. The van der Waals surface area contributed by atoms with Crippen LogP contribution < -0.4 is 15.4 Å². The van der Waals surface area contributed by atoms with Gasteiger partial charge in [0.2, 0.25) is 23.6 Å². The number of benzene rings is 1. The summed E-state index contributed by atoms with van der Waals surface area (Å²) < 4.78 is 40.5. The minimum absolute atomic E-state index is 0.0278. The lowest BCUT2D eigenvalue weighted by molar-refractivity contribution is -0.276. The van der Waals surface area contributed by atoms with E-state index in [1.165, 1.54) is 19.9 Å². The second-order valence-electron chi connectivity index (χ2n) is 8.09. The lowest BCUT2D eigenvalue weighted by Gasteiger charge is -2.24. The van der Waals surface area contributed by atoms with E-state index in [4.69, 9.17) is 23.2 Å². The summed E-state index contributed by atoms with van der Waals surface area (Å²) in [5.74, 6) is -2.72. The second-order valence-corrected chi connectivity index (χ2v) is 8.90. The minimum atomic E-state index is -4.90. The summed E-state index contributed by atoms with van der Waals surface area (Å²) in [6, 6.07) is 5.31. The lowest BCUT2D eigenvalue weighted by Crippen LogP contribution is -2.40. The number of amides is 3. The molecule has 1 aromatic heterocycles. The fourth-order valence-corrected chi connectivity index (χ4v) is 4.18. The summed E-state index contributed by atoms with van der Waals surface area (Å²) in [5.41, 5.74) is -0.150. The normalized spacial score (nSPS) is 16.7. The number of piperidine rings is 1. The molecule has 182 valence electrons. The van der Waals surface area contributed by atoms with E-state index >= 15 is 0 Å². The van der Waals surface area contributed by atoms with Gasteiger partial charge in [0.05, 0.1) is 17.0 Å². The molecule has 1 aliphatic heterocycles. The number of nitrogens with one attached hydrogen (secondary N) is 2. The first-order valence-electron chi connectivity index (χ1n) is 9.97. The number of carbonyl (C=O) groups excluding carboxylic acids is 3. The Morgan fingerprint density at radius 3 is 2.35 bits per heavy atom. The number of alkyl halides is 3. The molecule has 2 aromatic rings. The van der Waals surface area contributed by atoms with Gasteiger partial charge in [-0.05, 0) is 44.0 Å². The van der Waals surface area contributed by atoms with Crippen LogP contribution in [0.25, 0.3) is 0 Å². The standard InChI is InChI=1S/C21H19Cl2F3N4O4/c1-20(2,14-4-6-16(30-29-14)34-21(24,25)26)19(33)27-9-10-7-12(22)17(13(23)8-10)11-3-5-15(31)28-18(11)32/h4,6-8,11H,3,5,9H2,1-2H3,(H,27,33)(H,28,31,32). The zero-order valence-corrected chi connectivity index (χ0v) is 19.4. The second kappa shape index (κ2) is 9.75. The summed E-state index contributed by atoms with van der Waals surface area (Å²) in [7, 11) is 0. The highest BCUT2D eigenvalue weighted by atomic mass is 35.5. The number of nitrogens with zero attached hydrogens (tertiary/aromatic N) is 2. The molecule has 1 unspecified atom stereocenters. The molecule has 13 heteroatoms. The van der Waals surface area contributed by atoms with Crippen molar-refractivity contribution in [3.05, 3.63) is 51.1 Å². The molecular formula is C21H19Cl2F3N4O4. The van der Waals surface area contributed by atoms with Gasteiger partial charge >= 0.3 is 6.36 Å². The third kappa shape index (κ3) is 5.95. The van der Waals surface area contributed by atoms with Crippen LogP contribution in [0.2, 0.25) is 10.0 Å². The zero-order chi connectivity index (χ0) is 25.3. The molecule has 0 saturated carbocycles. The number of aromatic nitrogens is 2. The molecule has 0 spiro atoms. The van der Waals surface area contributed by atoms with Crippen molar-refractivity contribution in [2.75, 3.05) is 0 Å². The van der Waals surface area contributed by atoms with Crippen LogP contribution in [0.3, 0.4) is 0 Å². The topological polar surface area (TPSA) is 110 Å². The largest absolute Gasteiger partial charge is 0.574 e. The fraction of sp³-hybridized carbons (Fsp3) is 0.381. The smallest absolute Gasteiger partial charge is 0.386 e. The van der Waals surface area contributed by atoms with Crippen LogP contribution in [0.5, 0.6) is 5.88 Å². The number of rotatable bonds is 6. The number of hydrogen-bond donors (Lipinski definition) is 2. The maximum Gasteiger partial charge on any atom is 0.574 e. The first-order valence-corrected chi connectivity index (χ1v) is 10.7. The molecule has 1 fully saturated rings. The van der Waals surface area contributed by atoms with Gasteiger partial charge < -0.3 is 10.1 Å². The monoisotopic (exact) mass is 518 g/mol. The Balaban J connectivity index is 1.69. The van der Waals surface area contributed by atoms with E-state index in [9.17, 15) is 27.6 Å². The van der Waals surface area contributed by atoms with Crippen LogP contribution in [0.15, 0.2) is 24.3 Å².